The molecule has 0 unspecified atom stereocenters. The topological polar surface area (TPSA) is 91.1 Å². The number of carbonyl (C=O) groups excluding carboxylic acids is 2. The van der Waals surface area contributed by atoms with Gasteiger partial charge in [-0.2, -0.15) is 0 Å². The Morgan fingerprint density at radius 1 is 0.966 bits per heavy atom. The summed E-state index contributed by atoms with van der Waals surface area (Å²) in [4.78, 5) is 23.6. The number of hydrogen-bond donors (Lipinski definition) is 2. The first-order chi connectivity index (χ1) is 14.0. The van der Waals surface area contributed by atoms with Crippen molar-refractivity contribution in [2.75, 3.05) is 0 Å². The Morgan fingerprint density at radius 3 is 2.48 bits per heavy atom. The lowest BCUT2D eigenvalue weighted by Gasteiger charge is -2.10. The van der Waals surface area contributed by atoms with Crippen LogP contribution in [0.1, 0.15) is 45.2 Å². The second-order valence-electron chi connectivity index (χ2n) is 7.23. The van der Waals surface area contributed by atoms with Crippen LogP contribution in [0.5, 0.6) is 0 Å². The molecule has 1 aromatic heterocycles. The first-order valence-corrected chi connectivity index (χ1v) is 9.63. The van der Waals surface area contributed by atoms with Crippen LogP contribution >= 0.6 is 0 Å². The van der Waals surface area contributed by atoms with Gasteiger partial charge in [0.2, 0.25) is 11.8 Å². The van der Waals surface area contributed by atoms with E-state index < -0.39 is 11.8 Å². The molecule has 5 heteroatoms. The van der Waals surface area contributed by atoms with Gasteiger partial charge in [0, 0.05) is 28.4 Å². The third-order valence-corrected chi connectivity index (χ3v) is 5.21. The molecule has 0 aliphatic rings. The van der Waals surface area contributed by atoms with E-state index in [1.165, 1.54) is 5.56 Å². The van der Waals surface area contributed by atoms with E-state index in [0.717, 1.165) is 40.2 Å². The first-order valence-electron chi connectivity index (χ1n) is 9.63. The molecule has 3 aromatic carbocycles. The van der Waals surface area contributed by atoms with Gasteiger partial charge in [-0.3, -0.25) is 9.59 Å². The summed E-state index contributed by atoms with van der Waals surface area (Å²) in [5.41, 5.74) is 16.1. The molecule has 145 valence electrons. The van der Waals surface area contributed by atoms with E-state index in [1.54, 1.807) is 18.2 Å². The van der Waals surface area contributed by atoms with E-state index in [2.05, 4.69) is 23.6 Å². The predicted molar refractivity (Wildman–Crippen MR) is 115 cm³/mol. The molecule has 0 aliphatic heterocycles. The summed E-state index contributed by atoms with van der Waals surface area (Å²) in [6.07, 6.45) is 1.99. The molecular weight excluding hydrogens is 362 g/mol. The molecule has 5 nitrogen and oxygen atoms in total. The monoisotopic (exact) mass is 384 g/mol. The number of fused-ring (bicyclic) bond motifs is 3. The highest BCUT2D eigenvalue weighted by Gasteiger charge is 2.17. The number of nitrogens with zero attached hydrogens (tertiary/aromatic N) is 1. The molecule has 4 aromatic rings. The lowest BCUT2D eigenvalue weighted by atomic mass is 10.0. The fourth-order valence-corrected chi connectivity index (χ4v) is 3.91. The number of rotatable bonds is 6. The van der Waals surface area contributed by atoms with Crippen LogP contribution in [-0.4, -0.2) is 16.4 Å². The van der Waals surface area contributed by atoms with Crippen molar-refractivity contribution >= 4 is 33.6 Å². The van der Waals surface area contributed by atoms with Crippen molar-refractivity contribution in [1.29, 1.82) is 0 Å². The van der Waals surface area contributed by atoms with Gasteiger partial charge in [0.05, 0.1) is 11.0 Å². The van der Waals surface area contributed by atoms with Gasteiger partial charge in [-0.15, -0.1) is 0 Å². The zero-order chi connectivity index (χ0) is 20.5. The van der Waals surface area contributed by atoms with Crippen molar-refractivity contribution in [2.45, 2.75) is 26.3 Å². The maximum atomic E-state index is 12.1. The SMILES string of the molecule is CCCc1c[c]c2c3c(C(N)=O)cccc3n(Cc3cccc(C(N)=O)c3)c2c1. The third-order valence-electron chi connectivity index (χ3n) is 5.21. The van der Waals surface area contributed by atoms with Crippen molar-refractivity contribution < 1.29 is 9.59 Å². The van der Waals surface area contributed by atoms with Gasteiger partial charge in [-0.05, 0) is 53.9 Å². The average molecular weight is 384 g/mol. The van der Waals surface area contributed by atoms with Gasteiger partial charge >= 0.3 is 0 Å². The minimum atomic E-state index is -0.462. The molecular formula is C24H22N3O2. The van der Waals surface area contributed by atoms with Crippen LogP contribution < -0.4 is 11.5 Å². The number of amides is 2. The van der Waals surface area contributed by atoms with E-state index in [0.29, 0.717) is 17.7 Å². The Hall–Kier alpha value is -3.60. The number of aryl methyl sites for hydroxylation is 1. The third kappa shape index (κ3) is 3.36. The molecule has 29 heavy (non-hydrogen) atoms. The summed E-state index contributed by atoms with van der Waals surface area (Å²) in [6.45, 7) is 2.67. The Kier molecular flexibility index (Phi) is 4.80. The van der Waals surface area contributed by atoms with Crippen molar-refractivity contribution in [3.63, 3.8) is 0 Å². The molecule has 0 saturated heterocycles. The molecule has 0 fully saturated rings. The molecule has 1 radical (unpaired) electrons. The summed E-state index contributed by atoms with van der Waals surface area (Å²) in [6, 6.07) is 20.4. The van der Waals surface area contributed by atoms with Gasteiger partial charge in [-0.25, -0.2) is 0 Å². The number of nitrogens with two attached hydrogens (primary N) is 2. The average Bonchev–Trinajstić information content (AvgIpc) is 3.01. The van der Waals surface area contributed by atoms with Crippen molar-refractivity contribution in [3.8, 4) is 0 Å². The van der Waals surface area contributed by atoms with Crippen LogP contribution in [0, 0.1) is 6.07 Å². The molecule has 0 bridgehead atoms. The Labute approximate surface area is 168 Å². The molecule has 0 saturated carbocycles. The standard InChI is InChI=1S/C24H22N3O2/c1-2-5-15-10-11-18-21(13-15)27(14-16-6-3-7-17(12-16)23(25)28)20-9-4-8-19(22(18)20)24(26)29/h3-4,6-10,12-13H,2,5,14H2,1H3,(H2,25,28)(H2,26,29). The summed E-state index contributed by atoms with van der Waals surface area (Å²) >= 11 is 0. The Bertz CT molecular complexity index is 1250. The zero-order valence-corrected chi connectivity index (χ0v) is 16.2. The number of aromatic nitrogens is 1. The largest absolute Gasteiger partial charge is 0.366 e. The van der Waals surface area contributed by atoms with Gasteiger partial charge in [0.25, 0.3) is 0 Å². The molecule has 1 heterocycles. The summed E-state index contributed by atoms with van der Waals surface area (Å²) in [5.74, 6) is -0.917. The fourth-order valence-electron chi connectivity index (χ4n) is 3.91. The van der Waals surface area contributed by atoms with E-state index in [9.17, 15) is 9.59 Å². The van der Waals surface area contributed by atoms with Gasteiger partial charge in [-0.1, -0.05) is 37.6 Å². The van der Waals surface area contributed by atoms with Crippen LogP contribution in [0.25, 0.3) is 21.8 Å². The molecule has 0 atom stereocenters. The maximum Gasteiger partial charge on any atom is 0.249 e. The minimum absolute atomic E-state index is 0.455. The summed E-state index contributed by atoms with van der Waals surface area (Å²) < 4.78 is 2.15. The predicted octanol–water partition coefficient (Wildman–Crippen LogP) is 3.79. The van der Waals surface area contributed by atoms with Gasteiger partial charge in [0.15, 0.2) is 0 Å². The quantitative estimate of drug-likeness (QED) is 0.529. The van der Waals surface area contributed by atoms with Gasteiger partial charge in [0.1, 0.15) is 0 Å². The van der Waals surface area contributed by atoms with E-state index in [4.69, 9.17) is 11.5 Å². The highest BCUT2D eigenvalue weighted by Crippen LogP contribution is 2.33. The van der Waals surface area contributed by atoms with Crippen LogP contribution in [0.3, 0.4) is 0 Å². The second kappa shape index (κ2) is 7.43. The van der Waals surface area contributed by atoms with E-state index in [-0.39, 0.29) is 0 Å². The maximum absolute atomic E-state index is 12.1. The lowest BCUT2D eigenvalue weighted by molar-refractivity contribution is 0.0992. The molecule has 0 aliphatic carbocycles. The molecule has 2 amide bonds. The molecule has 0 spiro atoms. The minimum Gasteiger partial charge on any atom is -0.366 e. The normalized spacial score (nSPS) is 11.2. The number of carbonyl (C=O) groups is 2. The van der Waals surface area contributed by atoms with E-state index >= 15 is 0 Å². The smallest absolute Gasteiger partial charge is 0.249 e. The summed E-state index contributed by atoms with van der Waals surface area (Å²) in [7, 11) is 0. The van der Waals surface area contributed by atoms with Crippen molar-refractivity contribution in [3.05, 3.63) is 82.9 Å². The number of primary amides is 2. The number of hydrogen-bond acceptors (Lipinski definition) is 2. The molecule has 4 rings (SSSR count). The van der Waals surface area contributed by atoms with Crippen LogP contribution in [-0.2, 0) is 13.0 Å². The van der Waals surface area contributed by atoms with E-state index in [1.807, 2.05) is 30.3 Å². The summed E-state index contributed by atoms with van der Waals surface area (Å²) in [5, 5.41) is 1.68. The second-order valence-corrected chi connectivity index (χ2v) is 7.23. The van der Waals surface area contributed by atoms with Crippen LogP contribution in [0.15, 0.2) is 54.6 Å². The van der Waals surface area contributed by atoms with Crippen molar-refractivity contribution in [1.82, 2.24) is 4.57 Å². The zero-order valence-electron chi connectivity index (χ0n) is 16.2. The Morgan fingerprint density at radius 2 is 1.76 bits per heavy atom. The lowest BCUT2D eigenvalue weighted by Crippen LogP contribution is -2.12. The van der Waals surface area contributed by atoms with Gasteiger partial charge < -0.3 is 16.0 Å². The molecule has 4 N–H and O–H groups in total. The highest BCUT2D eigenvalue weighted by atomic mass is 16.1. The number of benzene rings is 3. The fraction of sp³-hybridized carbons (Fsp3) is 0.167. The first kappa shape index (κ1) is 18.7. The Balaban J connectivity index is 1.98. The van der Waals surface area contributed by atoms with Crippen LogP contribution in [0.2, 0.25) is 0 Å². The van der Waals surface area contributed by atoms with Crippen molar-refractivity contribution in [2.24, 2.45) is 11.5 Å². The van der Waals surface area contributed by atoms with Crippen LogP contribution in [0.4, 0.5) is 0 Å². The highest BCUT2D eigenvalue weighted by molar-refractivity contribution is 6.17.